The number of nitrogens with zero attached hydrogens (tertiary/aromatic N) is 2. The molecule has 1 heterocycles. The van der Waals surface area contributed by atoms with E-state index >= 15 is 0 Å². The summed E-state index contributed by atoms with van der Waals surface area (Å²) in [5.74, 6) is -2.07. The van der Waals surface area contributed by atoms with Crippen molar-refractivity contribution < 1.29 is 19.1 Å². The average molecular weight is 305 g/mol. The van der Waals surface area contributed by atoms with Crippen LogP contribution >= 0.6 is 0 Å². The van der Waals surface area contributed by atoms with Crippen molar-refractivity contribution in [2.24, 2.45) is 11.8 Å². The Morgan fingerprint density at radius 3 is 2.82 bits per heavy atom. The molecule has 0 radical (unpaired) electrons. The number of hydrogen-bond donors (Lipinski definition) is 2. The molecule has 1 fully saturated rings. The second-order valence-corrected chi connectivity index (χ2v) is 5.52. The smallest absolute Gasteiger partial charge is 0.321 e. The number of urea groups is 1. The first-order chi connectivity index (χ1) is 10.4. The highest BCUT2D eigenvalue weighted by atomic mass is 19.1. The van der Waals surface area contributed by atoms with Crippen LogP contribution in [0.25, 0.3) is 0 Å². The van der Waals surface area contributed by atoms with Gasteiger partial charge in [-0.3, -0.25) is 4.79 Å². The van der Waals surface area contributed by atoms with Gasteiger partial charge in [0.25, 0.3) is 0 Å². The van der Waals surface area contributed by atoms with Crippen LogP contribution in [0.3, 0.4) is 0 Å². The zero-order chi connectivity index (χ0) is 16.3. The van der Waals surface area contributed by atoms with E-state index < -0.39 is 23.7 Å². The van der Waals surface area contributed by atoms with E-state index in [2.05, 4.69) is 5.32 Å². The molecular weight excluding hydrogens is 289 g/mol. The molecule has 1 aliphatic heterocycles. The van der Waals surface area contributed by atoms with Crippen LogP contribution in [0.1, 0.15) is 18.9 Å². The molecule has 1 aliphatic rings. The van der Waals surface area contributed by atoms with Crippen molar-refractivity contribution in [2.75, 3.05) is 18.4 Å². The van der Waals surface area contributed by atoms with Gasteiger partial charge in [-0.1, -0.05) is 6.92 Å². The highest BCUT2D eigenvalue weighted by molar-refractivity contribution is 5.90. The van der Waals surface area contributed by atoms with E-state index in [9.17, 15) is 14.0 Å². The highest BCUT2D eigenvalue weighted by Gasteiger charge is 2.31. The number of carboxylic acid groups (broad SMARTS) is 1. The number of amides is 2. The van der Waals surface area contributed by atoms with Gasteiger partial charge in [-0.2, -0.15) is 5.26 Å². The topological polar surface area (TPSA) is 93.4 Å². The number of rotatable bonds is 2. The lowest BCUT2D eigenvalue weighted by atomic mass is 9.91. The number of piperidine rings is 1. The van der Waals surface area contributed by atoms with Gasteiger partial charge in [0, 0.05) is 18.8 Å². The summed E-state index contributed by atoms with van der Waals surface area (Å²) in [7, 11) is 0. The maximum atomic E-state index is 13.2. The summed E-state index contributed by atoms with van der Waals surface area (Å²) in [6, 6.07) is 4.96. The number of carbonyl (C=O) groups excluding carboxylic acids is 1. The third-order valence-corrected chi connectivity index (χ3v) is 3.63. The van der Waals surface area contributed by atoms with Crippen molar-refractivity contribution in [3.8, 4) is 6.07 Å². The second-order valence-electron chi connectivity index (χ2n) is 5.52. The largest absolute Gasteiger partial charge is 0.481 e. The fourth-order valence-electron chi connectivity index (χ4n) is 2.59. The molecule has 0 saturated carbocycles. The van der Waals surface area contributed by atoms with Gasteiger partial charge < -0.3 is 15.3 Å². The summed E-state index contributed by atoms with van der Waals surface area (Å²) < 4.78 is 13.2. The van der Waals surface area contributed by atoms with Crippen molar-refractivity contribution in [2.45, 2.75) is 13.3 Å². The first kappa shape index (κ1) is 15.8. The van der Waals surface area contributed by atoms with E-state index in [0.29, 0.717) is 18.7 Å². The summed E-state index contributed by atoms with van der Waals surface area (Å²) in [5, 5.41) is 20.5. The van der Waals surface area contributed by atoms with Crippen LogP contribution in [-0.2, 0) is 4.79 Å². The number of nitrogens with one attached hydrogen (secondary N) is 1. The number of hydrogen-bond acceptors (Lipinski definition) is 3. The molecule has 6 nitrogen and oxygen atoms in total. The summed E-state index contributed by atoms with van der Waals surface area (Å²) in [6.45, 7) is 2.49. The highest BCUT2D eigenvalue weighted by Crippen LogP contribution is 2.23. The van der Waals surface area contributed by atoms with Crippen LogP contribution < -0.4 is 5.32 Å². The van der Waals surface area contributed by atoms with E-state index in [1.165, 1.54) is 17.0 Å². The molecule has 2 atom stereocenters. The Morgan fingerprint density at radius 1 is 1.45 bits per heavy atom. The van der Waals surface area contributed by atoms with Gasteiger partial charge >= 0.3 is 12.0 Å². The molecule has 2 N–H and O–H groups in total. The SMILES string of the molecule is CC1CC(C(=O)O)CN(C(=O)Nc2ccc(F)c(C#N)c2)C1. The molecule has 2 rings (SSSR count). The van der Waals surface area contributed by atoms with Crippen LogP contribution in [0, 0.1) is 29.0 Å². The van der Waals surface area contributed by atoms with Crippen LogP contribution in [0.5, 0.6) is 0 Å². The van der Waals surface area contributed by atoms with Gasteiger partial charge in [-0.25, -0.2) is 9.18 Å². The molecule has 7 heteroatoms. The zero-order valence-electron chi connectivity index (χ0n) is 12.0. The Bertz CT molecular complexity index is 641. The molecule has 0 bridgehead atoms. The van der Waals surface area contributed by atoms with Crippen molar-refractivity contribution in [3.05, 3.63) is 29.6 Å². The molecule has 0 aromatic heterocycles. The van der Waals surface area contributed by atoms with E-state index in [0.717, 1.165) is 6.07 Å². The standard InChI is InChI=1S/C15H16FN3O3/c1-9-4-11(14(20)21)8-19(7-9)15(22)18-12-2-3-13(16)10(5-12)6-17/h2-3,5,9,11H,4,7-8H2,1H3,(H,18,22)(H,20,21). The number of halogens is 1. The molecule has 22 heavy (non-hydrogen) atoms. The number of benzene rings is 1. The number of likely N-dealkylation sites (tertiary alicyclic amines) is 1. The minimum Gasteiger partial charge on any atom is -0.481 e. The van der Waals surface area contributed by atoms with Gasteiger partial charge in [0.1, 0.15) is 11.9 Å². The second kappa shape index (κ2) is 6.43. The maximum absolute atomic E-state index is 13.2. The predicted molar refractivity (Wildman–Crippen MR) is 76.6 cm³/mol. The van der Waals surface area contributed by atoms with Crippen LogP contribution in [0.2, 0.25) is 0 Å². The molecule has 116 valence electrons. The summed E-state index contributed by atoms with van der Waals surface area (Å²) >= 11 is 0. The lowest BCUT2D eigenvalue weighted by Crippen LogP contribution is -2.47. The molecular formula is C15H16FN3O3. The van der Waals surface area contributed by atoms with Gasteiger partial charge in [0.2, 0.25) is 0 Å². The Balaban J connectivity index is 2.08. The Kier molecular flexibility index (Phi) is 4.61. The minimum absolute atomic E-state index is 0.0866. The van der Waals surface area contributed by atoms with Crippen molar-refractivity contribution in [1.82, 2.24) is 4.90 Å². The van der Waals surface area contributed by atoms with E-state index in [1.807, 2.05) is 6.92 Å². The number of nitriles is 1. The number of carbonyl (C=O) groups is 2. The summed E-state index contributed by atoms with van der Waals surface area (Å²) in [5.41, 5.74) is 0.140. The molecule has 1 aromatic rings. The minimum atomic E-state index is -0.919. The molecule has 0 aliphatic carbocycles. The lowest BCUT2D eigenvalue weighted by Gasteiger charge is -2.34. The third kappa shape index (κ3) is 3.52. The fraction of sp³-hybridized carbons (Fsp3) is 0.400. The quantitative estimate of drug-likeness (QED) is 0.876. The number of anilines is 1. The molecule has 2 amide bonds. The zero-order valence-corrected chi connectivity index (χ0v) is 12.0. The van der Waals surface area contributed by atoms with Crippen molar-refractivity contribution >= 4 is 17.7 Å². The van der Waals surface area contributed by atoms with Gasteiger partial charge in [0.05, 0.1) is 11.5 Å². The Labute approximate surface area is 127 Å². The summed E-state index contributed by atoms with van der Waals surface area (Å²) in [4.78, 5) is 24.8. The van der Waals surface area contributed by atoms with E-state index in [-0.39, 0.29) is 18.0 Å². The molecule has 1 saturated heterocycles. The van der Waals surface area contributed by atoms with Gasteiger partial charge in [-0.15, -0.1) is 0 Å². The van der Waals surface area contributed by atoms with E-state index in [4.69, 9.17) is 10.4 Å². The third-order valence-electron chi connectivity index (χ3n) is 3.63. The Morgan fingerprint density at radius 2 is 2.18 bits per heavy atom. The molecule has 1 aromatic carbocycles. The first-order valence-corrected chi connectivity index (χ1v) is 6.89. The first-order valence-electron chi connectivity index (χ1n) is 6.89. The van der Waals surface area contributed by atoms with Gasteiger partial charge in [0.15, 0.2) is 0 Å². The lowest BCUT2D eigenvalue weighted by molar-refractivity contribution is -0.143. The fourth-order valence-corrected chi connectivity index (χ4v) is 2.59. The molecule has 2 unspecified atom stereocenters. The molecule has 0 spiro atoms. The average Bonchev–Trinajstić information content (AvgIpc) is 2.48. The van der Waals surface area contributed by atoms with Crippen LogP contribution in [0.4, 0.5) is 14.9 Å². The van der Waals surface area contributed by atoms with Crippen LogP contribution in [-0.4, -0.2) is 35.1 Å². The normalized spacial score (nSPS) is 21.0. The number of carboxylic acids is 1. The maximum Gasteiger partial charge on any atom is 0.321 e. The van der Waals surface area contributed by atoms with Crippen molar-refractivity contribution in [1.29, 1.82) is 5.26 Å². The monoisotopic (exact) mass is 305 g/mol. The van der Waals surface area contributed by atoms with Gasteiger partial charge in [-0.05, 0) is 30.5 Å². The van der Waals surface area contributed by atoms with Crippen molar-refractivity contribution in [3.63, 3.8) is 0 Å². The Hall–Kier alpha value is -2.62. The summed E-state index contributed by atoms with van der Waals surface area (Å²) in [6.07, 6.45) is 0.536. The number of aliphatic carboxylic acids is 1. The van der Waals surface area contributed by atoms with E-state index in [1.54, 1.807) is 6.07 Å². The predicted octanol–water partition coefficient (Wildman–Crippen LogP) is 2.27. The van der Waals surface area contributed by atoms with Crippen LogP contribution in [0.15, 0.2) is 18.2 Å².